The Morgan fingerprint density at radius 3 is 2.32 bits per heavy atom. The lowest BCUT2D eigenvalue weighted by atomic mass is 10.0. The van der Waals surface area contributed by atoms with Gasteiger partial charge in [-0.2, -0.15) is 23.4 Å². The molecule has 0 aliphatic rings. The van der Waals surface area contributed by atoms with Crippen molar-refractivity contribution in [2.45, 2.75) is 40.4 Å². The molecule has 178 valence electrons. The van der Waals surface area contributed by atoms with Gasteiger partial charge in [0.15, 0.2) is 17.0 Å². The number of benzene rings is 1. The minimum atomic E-state index is -4.68. The van der Waals surface area contributed by atoms with Crippen molar-refractivity contribution in [1.29, 1.82) is 0 Å². The molecule has 3 aromatic heterocycles. The molecule has 0 aliphatic heterocycles. The van der Waals surface area contributed by atoms with Crippen LogP contribution in [0.15, 0.2) is 30.3 Å². The summed E-state index contributed by atoms with van der Waals surface area (Å²) in [6.07, 6.45) is -4.68. The Morgan fingerprint density at radius 2 is 1.74 bits per heavy atom. The Morgan fingerprint density at radius 1 is 1.03 bits per heavy atom. The van der Waals surface area contributed by atoms with Crippen molar-refractivity contribution in [3.8, 4) is 11.3 Å². The van der Waals surface area contributed by atoms with E-state index in [4.69, 9.17) is 0 Å². The average Bonchev–Trinajstić information content (AvgIpc) is 3.29. The van der Waals surface area contributed by atoms with Crippen LogP contribution in [0.5, 0.6) is 0 Å². The highest BCUT2D eigenvalue weighted by molar-refractivity contribution is 5.93. The number of hydrogen-bond donors (Lipinski definition) is 0. The zero-order valence-corrected chi connectivity index (χ0v) is 19.8. The predicted molar refractivity (Wildman–Crippen MR) is 121 cm³/mol. The monoisotopic (exact) mass is 470 g/mol. The second-order valence-electron chi connectivity index (χ2n) is 8.56. The van der Waals surface area contributed by atoms with E-state index in [1.54, 1.807) is 23.9 Å². The zero-order valence-electron chi connectivity index (χ0n) is 19.8. The maximum absolute atomic E-state index is 13.9. The molecule has 0 radical (unpaired) electrons. The SMILES string of the molecule is Cc1ccc(-c2cc(C(F)(F)F)n3nc(C(=O)N(C)Cc4c(C)nn(C)c4C)cc3n2)cc1C. The molecule has 4 aromatic rings. The smallest absolute Gasteiger partial charge is 0.336 e. The molecule has 34 heavy (non-hydrogen) atoms. The summed E-state index contributed by atoms with van der Waals surface area (Å²) in [6, 6.07) is 7.62. The normalized spacial score (nSPS) is 11.9. The second-order valence-corrected chi connectivity index (χ2v) is 8.56. The molecule has 3 heterocycles. The number of hydrogen-bond acceptors (Lipinski definition) is 4. The first-order valence-electron chi connectivity index (χ1n) is 10.7. The predicted octanol–water partition coefficient (Wildman–Crippen LogP) is 4.65. The van der Waals surface area contributed by atoms with Crippen molar-refractivity contribution in [1.82, 2.24) is 29.3 Å². The summed E-state index contributed by atoms with van der Waals surface area (Å²) in [5, 5.41) is 8.32. The van der Waals surface area contributed by atoms with Crippen LogP contribution in [-0.4, -0.2) is 42.2 Å². The van der Waals surface area contributed by atoms with Gasteiger partial charge in [0.25, 0.3) is 5.91 Å². The van der Waals surface area contributed by atoms with Gasteiger partial charge < -0.3 is 4.90 Å². The fourth-order valence-electron chi connectivity index (χ4n) is 3.88. The van der Waals surface area contributed by atoms with Crippen molar-refractivity contribution in [2.75, 3.05) is 7.05 Å². The van der Waals surface area contributed by atoms with Crippen LogP contribution in [0.1, 0.15) is 44.3 Å². The lowest BCUT2D eigenvalue weighted by molar-refractivity contribution is -0.142. The molecule has 0 unspecified atom stereocenters. The summed E-state index contributed by atoms with van der Waals surface area (Å²) in [6.45, 7) is 7.81. The van der Waals surface area contributed by atoms with Gasteiger partial charge in [0.2, 0.25) is 0 Å². The van der Waals surface area contributed by atoms with Gasteiger partial charge in [-0.25, -0.2) is 9.50 Å². The largest absolute Gasteiger partial charge is 0.433 e. The van der Waals surface area contributed by atoms with Crippen LogP contribution in [0.3, 0.4) is 0 Å². The van der Waals surface area contributed by atoms with Crippen LogP contribution >= 0.6 is 0 Å². The molecule has 1 aromatic carbocycles. The van der Waals surface area contributed by atoms with Gasteiger partial charge in [-0.3, -0.25) is 9.48 Å². The quantitative estimate of drug-likeness (QED) is 0.435. The van der Waals surface area contributed by atoms with E-state index in [-0.39, 0.29) is 23.6 Å². The van der Waals surface area contributed by atoms with E-state index >= 15 is 0 Å². The maximum atomic E-state index is 13.9. The first-order valence-corrected chi connectivity index (χ1v) is 10.7. The molecule has 4 rings (SSSR count). The fourth-order valence-corrected chi connectivity index (χ4v) is 3.88. The maximum Gasteiger partial charge on any atom is 0.433 e. The molecule has 1 amide bonds. The Bertz CT molecular complexity index is 1420. The molecular formula is C24H25F3N6O. The van der Waals surface area contributed by atoms with Gasteiger partial charge in [-0.1, -0.05) is 12.1 Å². The van der Waals surface area contributed by atoms with Gasteiger partial charge in [0.1, 0.15) is 0 Å². The van der Waals surface area contributed by atoms with E-state index < -0.39 is 17.8 Å². The van der Waals surface area contributed by atoms with E-state index in [1.165, 1.54) is 11.0 Å². The molecule has 0 atom stereocenters. The third-order valence-electron chi connectivity index (χ3n) is 6.14. The first-order chi connectivity index (χ1) is 15.9. The van der Waals surface area contributed by atoms with Gasteiger partial charge in [0, 0.05) is 43.5 Å². The summed E-state index contributed by atoms with van der Waals surface area (Å²) in [4.78, 5) is 18.9. The molecule has 0 saturated carbocycles. The molecule has 0 fully saturated rings. The molecule has 0 N–H and O–H groups in total. The van der Waals surface area contributed by atoms with Crippen molar-refractivity contribution >= 4 is 11.6 Å². The lowest BCUT2D eigenvalue weighted by Crippen LogP contribution is -2.27. The minimum Gasteiger partial charge on any atom is -0.336 e. The van der Waals surface area contributed by atoms with Crippen LogP contribution in [0, 0.1) is 27.7 Å². The first kappa shape index (κ1) is 23.5. The highest BCUT2D eigenvalue weighted by atomic mass is 19.4. The number of fused-ring (bicyclic) bond motifs is 1. The van der Waals surface area contributed by atoms with Gasteiger partial charge in [0.05, 0.1) is 11.4 Å². The molecule has 0 bridgehead atoms. The number of nitrogens with zero attached hydrogens (tertiary/aromatic N) is 6. The van der Waals surface area contributed by atoms with E-state index in [1.807, 2.05) is 40.8 Å². The third-order valence-corrected chi connectivity index (χ3v) is 6.14. The topological polar surface area (TPSA) is 68.3 Å². The van der Waals surface area contributed by atoms with E-state index in [9.17, 15) is 18.0 Å². The average molecular weight is 470 g/mol. The number of amides is 1. The number of alkyl halides is 3. The molecule has 0 saturated heterocycles. The third kappa shape index (κ3) is 4.15. The molecule has 7 nitrogen and oxygen atoms in total. The van der Waals surface area contributed by atoms with E-state index in [2.05, 4.69) is 15.2 Å². The number of aryl methyl sites for hydroxylation is 4. The van der Waals surface area contributed by atoms with Crippen molar-refractivity contribution in [3.63, 3.8) is 0 Å². The molecular weight excluding hydrogens is 445 g/mol. The van der Waals surface area contributed by atoms with Crippen LogP contribution < -0.4 is 0 Å². The Kier molecular flexibility index (Phi) is 5.71. The number of aromatic nitrogens is 5. The van der Waals surface area contributed by atoms with Gasteiger partial charge in [-0.15, -0.1) is 0 Å². The van der Waals surface area contributed by atoms with Crippen LogP contribution in [0.2, 0.25) is 0 Å². The molecule has 0 aliphatic carbocycles. The minimum absolute atomic E-state index is 0.0476. The van der Waals surface area contributed by atoms with E-state index in [0.717, 1.165) is 34.1 Å². The summed E-state index contributed by atoms with van der Waals surface area (Å²) in [5.41, 5.74) is 4.12. The van der Waals surface area contributed by atoms with Crippen LogP contribution in [0.4, 0.5) is 13.2 Å². The second kappa shape index (κ2) is 8.27. The highest BCUT2D eigenvalue weighted by Crippen LogP contribution is 2.33. The number of rotatable bonds is 4. The summed E-state index contributed by atoms with van der Waals surface area (Å²) in [7, 11) is 3.39. The zero-order chi connectivity index (χ0) is 24.9. The number of carbonyl (C=O) groups is 1. The van der Waals surface area contributed by atoms with E-state index in [0.29, 0.717) is 10.1 Å². The Balaban J connectivity index is 1.76. The summed E-state index contributed by atoms with van der Waals surface area (Å²) in [5.74, 6) is -0.506. The summed E-state index contributed by atoms with van der Waals surface area (Å²) < 4.78 is 44.1. The van der Waals surface area contributed by atoms with Gasteiger partial charge >= 0.3 is 6.18 Å². The molecule has 10 heteroatoms. The molecule has 0 spiro atoms. The fraction of sp³-hybridized carbons (Fsp3) is 0.333. The van der Waals surface area contributed by atoms with Crippen LogP contribution in [0.25, 0.3) is 16.9 Å². The van der Waals surface area contributed by atoms with Crippen LogP contribution in [-0.2, 0) is 19.8 Å². The van der Waals surface area contributed by atoms with Crippen molar-refractivity contribution in [3.05, 3.63) is 69.8 Å². The Labute approximate surface area is 194 Å². The number of carbonyl (C=O) groups excluding carboxylic acids is 1. The highest BCUT2D eigenvalue weighted by Gasteiger charge is 2.36. The Hall–Kier alpha value is -3.69. The van der Waals surface area contributed by atoms with Crippen molar-refractivity contribution < 1.29 is 18.0 Å². The van der Waals surface area contributed by atoms with Gasteiger partial charge in [-0.05, 0) is 51.0 Å². The lowest BCUT2D eigenvalue weighted by Gasteiger charge is -2.16. The summed E-state index contributed by atoms with van der Waals surface area (Å²) >= 11 is 0. The number of halogens is 3. The van der Waals surface area contributed by atoms with Crippen molar-refractivity contribution in [2.24, 2.45) is 7.05 Å². The standard InChI is InChI=1S/C24H25F3N6O/c1-13-7-8-17(9-14(13)2)19-10-21(24(25,26)27)33-22(28-19)11-20(30-33)23(34)31(5)12-18-15(3)29-32(6)16(18)4/h7-11H,12H2,1-6H3.